The molecule has 1 aromatic carbocycles. The minimum Gasteiger partial charge on any atom is -0.332 e. The van der Waals surface area contributed by atoms with Crippen molar-refractivity contribution in [2.45, 2.75) is 6.54 Å². The van der Waals surface area contributed by atoms with E-state index < -0.39 is 6.67 Å². The lowest BCUT2D eigenvalue weighted by atomic mass is 10.1. The molecule has 1 aliphatic rings. The highest BCUT2D eigenvalue weighted by molar-refractivity contribution is 9.10. The van der Waals surface area contributed by atoms with Gasteiger partial charge in [0.1, 0.15) is 6.67 Å². The normalized spacial score (nSPS) is 14.7. The summed E-state index contributed by atoms with van der Waals surface area (Å²) < 4.78 is 13.0. The molecule has 1 aromatic rings. The van der Waals surface area contributed by atoms with Crippen molar-refractivity contribution in [3.63, 3.8) is 0 Å². The first-order valence-electron chi connectivity index (χ1n) is 4.36. The summed E-state index contributed by atoms with van der Waals surface area (Å²) in [6, 6.07) is 5.58. The molecule has 2 rings (SSSR count). The van der Waals surface area contributed by atoms with Crippen LogP contribution in [-0.4, -0.2) is 24.0 Å². The molecule has 0 radical (unpaired) electrons. The predicted octanol–water partition coefficient (Wildman–Crippen LogP) is 2.37. The number of halogens is 2. The van der Waals surface area contributed by atoms with Gasteiger partial charge in [-0.1, -0.05) is 22.0 Å². The van der Waals surface area contributed by atoms with Gasteiger partial charge in [0, 0.05) is 23.1 Å². The topological polar surface area (TPSA) is 20.3 Å². The molecular formula is C10H9BrFNO. The number of fused-ring (bicyclic) bond motifs is 1. The largest absolute Gasteiger partial charge is 0.332 e. The molecule has 0 aliphatic carbocycles. The Labute approximate surface area is 89.8 Å². The zero-order chi connectivity index (χ0) is 10.1. The molecule has 0 spiro atoms. The van der Waals surface area contributed by atoms with Gasteiger partial charge in [0.25, 0.3) is 5.91 Å². The quantitative estimate of drug-likeness (QED) is 0.797. The van der Waals surface area contributed by atoms with Crippen molar-refractivity contribution in [1.82, 2.24) is 4.90 Å². The smallest absolute Gasteiger partial charge is 0.254 e. The Morgan fingerprint density at radius 2 is 2.29 bits per heavy atom. The molecule has 0 atom stereocenters. The highest BCUT2D eigenvalue weighted by Gasteiger charge is 2.26. The number of nitrogens with zero attached hydrogens (tertiary/aromatic N) is 1. The summed E-state index contributed by atoms with van der Waals surface area (Å²) in [4.78, 5) is 13.2. The van der Waals surface area contributed by atoms with Crippen LogP contribution in [-0.2, 0) is 6.54 Å². The number of hydrogen-bond acceptors (Lipinski definition) is 1. The van der Waals surface area contributed by atoms with Gasteiger partial charge in [-0.2, -0.15) is 0 Å². The lowest BCUT2D eigenvalue weighted by molar-refractivity contribution is 0.0768. The highest BCUT2D eigenvalue weighted by atomic mass is 79.9. The average Bonchev–Trinajstić information content (AvgIpc) is 2.46. The first kappa shape index (κ1) is 9.65. The minimum absolute atomic E-state index is 0.0704. The molecule has 0 saturated heterocycles. The molecule has 74 valence electrons. The Balaban J connectivity index is 2.31. The first-order chi connectivity index (χ1) is 6.72. The van der Waals surface area contributed by atoms with Crippen LogP contribution in [0, 0.1) is 0 Å². The van der Waals surface area contributed by atoms with Crippen LogP contribution in [0.2, 0.25) is 0 Å². The lowest BCUT2D eigenvalue weighted by Gasteiger charge is -2.11. The van der Waals surface area contributed by atoms with E-state index in [9.17, 15) is 9.18 Å². The van der Waals surface area contributed by atoms with Gasteiger partial charge in [0.15, 0.2) is 0 Å². The second-order valence-corrected chi connectivity index (χ2v) is 4.13. The molecule has 2 nitrogen and oxygen atoms in total. The van der Waals surface area contributed by atoms with Crippen LogP contribution >= 0.6 is 15.9 Å². The summed E-state index contributed by atoms with van der Waals surface area (Å²) in [6.07, 6.45) is 0. The van der Waals surface area contributed by atoms with Gasteiger partial charge in [-0.25, -0.2) is 4.39 Å². The molecule has 0 bridgehead atoms. The third-order valence-electron chi connectivity index (χ3n) is 2.31. The molecule has 1 heterocycles. The second kappa shape index (κ2) is 3.69. The molecule has 4 heteroatoms. The number of alkyl halides is 1. The molecule has 14 heavy (non-hydrogen) atoms. The SMILES string of the molecule is O=C1c2cc(Br)ccc2CN1CCF. The van der Waals surface area contributed by atoms with Gasteiger partial charge in [-0.3, -0.25) is 4.79 Å². The molecular weight excluding hydrogens is 249 g/mol. The van der Waals surface area contributed by atoms with E-state index in [-0.39, 0.29) is 12.5 Å². The van der Waals surface area contributed by atoms with Crippen LogP contribution in [0.5, 0.6) is 0 Å². The van der Waals surface area contributed by atoms with Crippen LogP contribution in [0.3, 0.4) is 0 Å². The van der Waals surface area contributed by atoms with Gasteiger partial charge in [0.05, 0.1) is 0 Å². The molecule has 0 aromatic heterocycles. The van der Waals surface area contributed by atoms with Crippen molar-refractivity contribution in [2.75, 3.05) is 13.2 Å². The van der Waals surface area contributed by atoms with E-state index in [2.05, 4.69) is 15.9 Å². The number of benzene rings is 1. The van der Waals surface area contributed by atoms with E-state index in [0.29, 0.717) is 12.1 Å². The Kier molecular flexibility index (Phi) is 2.54. The minimum atomic E-state index is -0.485. The number of rotatable bonds is 2. The Hall–Kier alpha value is -0.900. The third kappa shape index (κ3) is 1.54. The maximum absolute atomic E-state index is 12.1. The second-order valence-electron chi connectivity index (χ2n) is 3.22. The van der Waals surface area contributed by atoms with Gasteiger partial charge in [-0.05, 0) is 17.7 Å². The first-order valence-corrected chi connectivity index (χ1v) is 5.15. The fourth-order valence-electron chi connectivity index (χ4n) is 1.62. The van der Waals surface area contributed by atoms with Gasteiger partial charge < -0.3 is 4.90 Å². The summed E-state index contributed by atoms with van der Waals surface area (Å²) in [6.45, 7) is 0.234. The molecule has 0 saturated carbocycles. The van der Waals surface area contributed by atoms with Crippen LogP contribution in [0.15, 0.2) is 22.7 Å². The Bertz CT molecular complexity index is 380. The Morgan fingerprint density at radius 1 is 1.50 bits per heavy atom. The van der Waals surface area contributed by atoms with E-state index in [1.807, 2.05) is 12.1 Å². The average molecular weight is 258 g/mol. The number of amides is 1. The molecule has 1 aliphatic heterocycles. The van der Waals surface area contributed by atoms with Crippen molar-refractivity contribution in [1.29, 1.82) is 0 Å². The number of hydrogen-bond donors (Lipinski definition) is 0. The van der Waals surface area contributed by atoms with Crippen LogP contribution in [0.25, 0.3) is 0 Å². The molecule has 0 N–H and O–H groups in total. The predicted molar refractivity (Wildman–Crippen MR) is 54.9 cm³/mol. The van der Waals surface area contributed by atoms with Crippen molar-refractivity contribution < 1.29 is 9.18 Å². The standard InChI is InChI=1S/C10H9BrFNO/c11-8-2-1-7-6-13(4-3-12)10(14)9(7)5-8/h1-2,5H,3-4,6H2. The molecule has 1 amide bonds. The fourth-order valence-corrected chi connectivity index (χ4v) is 1.98. The van der Waals surface area contributed by atoms with Crippen LogP contribution in [0.4, 0.5) is 4.39 Å². The zero-order valence-corrected chi connectivity index (χ0v) is 9.05. The summed E-state index contributed by atoms with van der Waals surface area (Å²) in [7, 11) is 0. The maximum atomic E-state index is 12.1. The third-order valence-corrected chi connectivity index (χ3v) is 2.80. The maximum Gasteiger partial charge on any atom is 0.254 e. The van der Waals surface area contributed by atoms with Gasteiger partial charge in [0.2, 0.25) is 0 Å². The van der Waals surface area contributed by atoms with Crippen molar-refractivity contribution >= 4 is 21.8 Å². The van der Waals surface area contributed by atoms with E-state index in [4.69, 9.17) is 0 Å². The van der Waals surface area contributed by atoms with Crippen molar-refractivity contribution in [3.05, 3.63) is 33.8 Å². The summed E-state index contributed by atoms with van der Waals surface area (Å²) >= 11 is 3.31. The van der Waals surface area contributed by atoms with E-state index in [1.54, 1.807) is 6.07 Å². The van der Waals surface area contributed by atoms with Gasteiger partial charge >= 0.3 is 0 Å². The Morgan fingerprint density at radius 3 is 3.00 bits per heavy atom. The van der Waals surface area contributed by atoms with E-state index in [0.717, 1.165) is 10.0 Å². The van der Waals surface area contributed by atoms with Crippen molar-refractivity contribution in [3.8, 4) is 0 Å². The van der Waals surface area contributed by atoms with Crippen LogP contribution < -0.4 is 0 Å². The molecule has 0 unspecified atom stereocenters. The highest BCUT2D eigenvalue weighted by Crippen LogP contribution is 2.25. The lowest BCUT2D eigenvalue weighted by Crippen LogP contribution is -2.25. The van der Waals surface area contributed by atoms with Gasteiger partial charge in [-0.15, -0.1) is 0 Å². The zero-order valence-electron chi connectivity index (χ0n) is 7.46. The monoisotopic (exact) mass is 257 g/mol. The van der Waals surface area contributed by atoms with E-state index in [1.165, 1.54) is 4.90 Å². The number of carbonyl (C=O) groups excluding carboxylic acids is 1. The summed E-state index contributed by atoms with van der Waals surface area (Å²) in [5.41, 5.74) is 1.67. The van der Waals surface area contributed by atoms with Crippen LogP contribution in [0.1, 0.15) is 15.9 Å². The summed E-state index contributed by atoms with van der Waals surface area (Å²) in [5.74, 6) is -0.0704. The fraction of sp³-hybridized carbons (Fsp3) is 0.300. The van der Waals surface area contributed by atoms with E-state index >= 15 is 0 Å². The summed E-state index contributed by atoms with van der Waals surface area (Å²) in [5, 5.41) is 0. The molecule has 0 fully saturated rings. The number of carbonyl (C=O) groups is 1. The van der Waals surface area contributed by atoms with Crippen molar-refractivity contribution in [2.24, 2.45) is 0 Å².